The molecule has 0 bridgehead atoms. The van der Waals surface area contributed by atoms with Crippen molar-refractivity contribution in [3.05, 3.63) is 32.3 Å². The monoisotopic (exact) mass is 287 g/mol. The topological polar surface area (TPSA) is 70.2 Å². The molecule has 0 aliphatic rings. The van der Waals surface area contributed by atoms with Crippen LogP contribution in [0.3, 0.4) is 0 Å². The summed E-state index contributed by atoms with van der Waals surface area (Å²) in [4.78, 5) is 11.9. The molecule has 0 aliphatic heterocycles. The summed E-state index contributed by atoms with van der Waals surface area (Å²) in [7, 11) is 0. The van der Waals surface area contributed by atoms with E-state index in [4.69, 9.17) is 28.5 Å². The van der Waals surface area contributed by atoms with Crippen LogP contribution in [0.5, 0.6) is 0 Å². The molecular weight excluding hydrogens is 277 g/mol. The Bertz CT molecular complexity index is 477. The van der Waals surface area contributed by atoms with Gasteiger partial charge < -0.3 is 4.90 Å². The van der Waals surface area contributed by atoms with E-state index in [1.165, 1.54) is 12.1 Å². The van der Waals surface area contributed by atoms with Crippen LogP contribution in [-0.4, -0.2) is 18.0 Å². The van der Waals surface area contributed by atoms with Crippen LogP contribution in [-0.2, 0) is 0 Å². The lowest BCUT2D eigenvalue weighted by Crippen LogP contribution is -2.24. The van der Waals surface area contributed by atoms with Gasteiger partial charge in [0.05, 0.1) is 33.1 Å². The molecule has 18 heavy (non-hydrogen) atoms. The lowest BCUT2D eigenvalue weighted by molar-refractivity contribution is -0.384. The number of non-ortho nitro benzene ring substituents is 1. The number of nitrogens with zero attached hydrogens (tertiary/aromatic N) is 3. The zero-order valence-electron chi connectivity index (χ0n) is 9.69. The smallest absolute Gasteiger partial charge is 0.272 e. The first-order chi connectivity index (χ1) is 8.51. The highest BCUT2D eigenvalue weighted by atomic mass is 35.5. The number of benzene rings is 1. The molecule has 0 aliphatic carbocycles. The number of hydrogen-bond donors (Lipinski definition) is 0. The number of hydrogen-bond acceptors (Lipinski definition) is 4. The van der Waals surface area contributed by atoms with Crippen molar-refractivity contribution in [2.45, 2.75) is 13.3 Å². The fourth-order valence-electron chi connectivity index (χ4n) is 1.57. The van der Waals surface area contributed by atoms with Gasteiger partial charge in [0.15, 0.2) is 0 Å². The van der Waals surface area contributed by atoms with E-state index in [0.717, 1.165) is 0 Å². The number of rotatable bonds is 5. The van der Waals surface area contributed by atoms with Crippen LogP contribution in [0.2, 0.25) is 10.0 Å². The molecule has 1 aromatic rings. The Morgan fingerprint density at radius 1 is 1.44 bits per heavy atom. The van der Waals surface area contributed by atoms with E-state index in [0.29, 0.717) is 25.2 Å². The highest BCUT2D eigenvalue weighted by molar-refractivity contribution is 6.39. The Morgan fingerprint density at radius 2 is 2.00 bits per heavy atom. The molecule has 7 heteroatoms. The second-order valence-corrected chi connectivity index (χ2v) is 4.32. The van der Waals surface area contributed by atoms with E-state index >= 15 is 0 Å². The van der Waals surface area contributed by atoms with Gasteiger partial charge in [-0.2, -0.15) is 5.26 Å². The maximum Gasteiger partial charge on any atom is 0.272 e. The molecule has 5 nitrogen and oxygen atoms in total. The average molecular weight is 288 g/mol. The fraction of sp³-hybridized carbons (Fsp3) is 0.364. The fourth-order valence-corrected chi connectivity index (χ4v) is 2.29. The summed E-state index contributed by atoms with van der Waals surface area (Å²) in [6, 6.07) is 4.56. The Kier molecular flexibility index (Phi) is 5.20. The third kappa shape index (κ3) is 3.25. The molecule has 0 fully saturated rings. The van der Waals surface area contributed by atoms with Crippen LogP contribution in [0, 0.1) is 21.4 Å². The minimum absolute atomic E-state index is 0.148. The predicted octanol–water partition coefficient (Wildman–Crippen LogP) is 3.64. The molecule has 0 saturated carbocycles. The molecule has 0 radical (unpaired) electrons. The van der Waals surface area contributed by atoms with Gasteiger partial charge in [-0.3, -0.25) is 10.1 Å². The van der Waals surface area contributed by atoms with Crippen LogP contribution >= 0.6 is 23.2 Å². The summed E-state index contributed by atoms with van der Waals surface area (Å²) in [5.74, 6) is 0. The lowest BCUT2D eigenvalue weighted by atomic mass is 10.2. The minimum atomic E-state index is -0.549. The van der Waals surface area contributed by atoms with Crippen molar-refractivity contribution in [3.63, 3.8) is 0 Å². The van der Waals surface area contributed by atoms with Crippen LogP contribution in [0.25, 0.3) is 0 Å². The molecular formula is C11H11Cl2N3O2. The van der Waals surface area contributed by atoms with E-state index in [1.54, 1.807) is 0 Å². The van der Waals surface area contributed by atoms with Gasteiger partial charge in [0.1, 0.15) is 0 Å². The molecule has 1 aromatic carbocycles. The maximum atomic E-state index is 10.7. The Hall–Kier alpha value is -1.51. The van der Waals surface area contributed by atoms with Crippen molar-refractivity contribution in [1.82, 2.24) is 0 Å². The van der Waals surface area contributed by atoms with E-state index in [-0.39, 0.29) is 15.7 Å². The van der Waals surface area contributed by atoms with Crippen molar-refractivity contribution in [1.29, 1.82) is 5.26 Å². The summed E-state index contributed by atoms with van der Waals surface area (Å²) in [6.07, 6.45) is 0.331. The van der Waals surface area contributed by atoms with Crippen molar-refractivity contribution in [2.24, 2.45) is 0 Å². The molecule has 0 unspecified atom stereocenters. The number of anilines is 1. The minimum Gasteiger partial charge on any atom is -0.368 e. The Balaban J connectivity index is 3.16. The highest BCUT2D eigenvalue weighted by Crippen LogP contribution is 2.37. The van der Waals surface area contributed by atoms with Gasteiger partial charge in [0.25, 0.3) is 5.69 Å². The molecule has 96 valence electrons. The number of nitro benzene ring substituents is 1. The lowest BCUT2D eigenvalue weighted by Gasteiger charge is -2.24. The molecule has 0 saturated heterocycles. The SMILES string of the molecule is CCN(CCC#N)c1c(Cl)cc([N+](=O)[O-])cc1Cl. The zero-order valence-corrected chi connectivity index (χ0v) is 11.2. The molecule has 0 spiro atoms. The van der Waals surface area contributed by atoms with Crippen LogP contribution in [0.15, 0.2) is 12.1 Å². The molecule has 0 N–H and O–H groups in total. The number of nitro groups is 1. The maximum absolute atomic E-state index is 10.7. The Labute approximate surface area is 115 Å². The first kappa shape index (κ1) is 14.6. The summed E-state index contributed by atoms with van der Waals surface area (Å²) >= 11 is 12.0. The summed E-state index contributed by atoms with van der Waals surface area (Å²) in [5.41, 5.74) is 0.381. The first-order valence-corrected chi connectivity index (χ1v) is 6.02. The number of halogens is 2. The Morgan fingerprint density at radius 3 is 2.39 bits per heavy atom. The standard InChI is InChI=1S/C11H11Cl2N3O2/c1-2-15(5-3-4-14)11-9(12)6-8(16(17)18)7-10(11)13/h6-7H,2-3,5H2,1H3. The normalized spacial score (nSPS) is 9.89. The largest absolute Gasteiger partial charge is 0.368 e. The third-order valence-corrected chi connectivity index (χ3v) is 2.98. The van der Waals surface area contributed by atoms with Crippen molar-refractivity contribution in [2.75, 3.05) is 18.0 Å². The van der Waals surface area contributed by atoms with E-state index < -0.39 is 4.92 Å². The van der Waals surface area contributed by atoms with Crippen LogP contribution in [0.1, 0.15) is 13.3 Å². The van der Waals surface area contributed by atoms with Gasteiger partial charge in [-0.15, -0.1) is 0 Å². The van der Waals surface area contributed by atoms with Crippen molar-refractivity contribution in [3.8, 4) is 6.07 Å². The van der Waals surface area contributed by atoms with Gasteiger partial charge in [-0.1, -0.05) is 23.2 Å². The second kappa shape index (κ2) is 6.43. The molecule has 0 atom stereocenters. The zero-order chi connectivity index (χ0) is 13.7. The average Bonchev–Trinajstić information content (AvgIpc) is 2.32. The van der Waals surface area contributed by atoms with Crippen LogP contribution < -0.4 is 4.90 Å². The van der Waals surface area contributed by atoms with Gasteiger partial charge >= 0.3 is 0 Å². The predicted molar refractivity (Wildman–Crippen MR) is 71.2 cm³/mol. The van der Waals surface area contributed by atoms with Gasteiger partial charge in [-0.25, -0.2) is 0 Å². The van der Waals surface area contributed by atoms with Gasteiger partial charge in [0.2, 0.25) is 0 Å². The van der Waals surface area contributed by atoms with Crippen molar-refractivity contribution >= 4 is 34.6 Å². The molecule has 0 amide bonds. The number of nitriles is 1. The highest BCUT2D eigenvalue weighted by Gasteiger charge is 2.18. The summed E-state index contributed by atoms with van der Waals surface area (Å²) in [6.45, 7) is 2.98. The summed E-state index contributed by atoms with van der Waals surface area (Å²) in [5, 5.41) is 19.7. The molecule has 0 heterocycles. The van der Waals surface area contributed by atoms with E-state index in [1.807, 2.05) is 17.9 Å². The van der Waals surface area contributed by atoms with E-state index in [9.17, 15) is 10.1 Å². The third-order valence-electron chi connectivity index (χ3n) is 2.40. The summed E-state index contributed by atoms with van der Waals surface area (Å²) < 4.78 is 0. The van der Waals surface area contributed by atoms with E-state index in [2.05, 4.69) is 0 Å². The first-order valence-electron chi connectivity index (χ1n) is 5.26. The molecule has 0 aromatic heterocycles. The van der Waals surface area contributed by atoms with Crippen molar-refractivity contribution < 1.29 is 4.92 Å². The molecule has 1 rings (SSSR count). The van der Waals surface area contributed by atoms with Crippen LogP contribution in [0.4, 0.5) is 11.4 Å². The quantitative estimate of drug-likeness (QED) is 0.612. The van der Waals surface area contributed by atoms with Gasteiger partial charge in [-0.05, 0) is 6.92 Å². The second-order valence-electron chi connectivity index (χ2n) is 3.50. The van der Waals surface area contributed by atoms with Gasteiger partial charge in [0, 0.05) is 25.2 Å².